The van der Waals surface area contributed by atoms with E-state index < -0.39 is 17.6 Å². The number of benzene rings is 1. The predicted octanol–water partition coefficient (Wildman–Crippen LogP) is 0.752. The van der Waals surface area contributed by atoms with E-state index in [1.807, 2.05) is 43.3 Å². The van der Waals surface area contributed by atoms with Crippen molar-refractivity contribution < 1.29 is 14.4 Å². The number of hydrogen-bond donors (Lipinski definition) is 1. The predicted molar refractivity (Wildman–Crippen MR) is 71.5 cm³/mol. The maximum Gasteiger partial charge on any atom is 0.261 e. The normalized spacial score (nSPS) is 17.6. The van der Waals surface area contributed by atoms with E-state index in [9.17, 15) is 14.4 Å². The number of carbonyl (C=O) groups excluding carboxylic acids is 3. The molecule has 1 heterocycles. The zero-order valence-electron chi connectivity index (χ0n) is 10.8. The second-order valence-electron chi connectivity index (χ2n) is 4.52. The Kier molecular flexibility index (Phi) is 3.46. The van der Waals surface area contributed by atoms with Crippen LogP contribution in [0.4, 0.5) is 5.69 Å². The van der Waals surface area contributed by atoms with Gasteiger partial charge in [0.25, 0.3) is 5.91 Å². The van der Waals surface area contributed by atoms with Gasteiger partial charge >= 0.3 is 0 Å². The summed E-state index contributed by atoms with van der Waals surface area (Å²) in [7, 11) is 3.86. The molecule has 0 aliphatic carbocycles. The SMILES string of the molecule is CN(C)c1ccc(/C=C2\C(=O)CC(=O)NC2=O)cc1. The molecule has 1 aliphatic heterocycles. The van der Waals surface area contributed by atoms with Gasteiger partial charge in [-0.15, -0.1) is 0 Å². The Morgan fingerprint density at radius 1 is 1.11 bits per heavy atom. The van der Waals surface area contributed by atoms with Crippen LogP contribution in [0.2, 0.25) is 0 Å². The van der Waals surface area contributed by atoms with Crippen LogP contribution >= 0.6 is 0 Å². The topological polar surface area (TPSA) is 66.5 Å². The Morgan fingerprint density at radius 3 is 2.26 bits per heavy atom. The quantitative estimate of drug-likeness (QED) is 0.368. The Labute approximate surface area is 110 Å². The van der Waals surface area contributed by atoms with Gasteiger partial charge in [-0.1, -0.05) is 12.1 Å². The third-order valence-corrected chi connectivity index (χ3v) is 2.84. The van der Waals surface area contributed by atoms with Gasteiger partial charge in [0.1, 0.15) is 0 Å². The molecule has 1 N–H and O–H groups in total. The number of Topliss-reactive ketones (excluding diaryl/α,β-unsaturated/α-hetero) is 1. The van der Waals surface area contributed by atoms with Crippen LogP contribution in [0, 0.1) is 0 Å². The molecule has 0 radical (unpaired) electrons. The largest absolute Gasteiger partial charge is 0.378 e. The first-order valence-corrected chi connectivity index (χ1v) is 5.84. The van der Waals surface area contributed by atoms with E-state index in [1.54, 1.807) is 0 Å². The van der Waals surface area contributed by atoms with Crippen LogP contribution in [0.5, 0.6) is 0 Å². The molecular weight excluding hydrogens is 244 g/mol. The van der Waals surface area contributed by atoms with Crippen molar-refractivity contribution in [1.29, 1.82) is 0 Å². The van der Waals surface area contributed by atoms with E-state index in [4.69, 9.17) is 0 Å². The van der Waals surface area contributed by atoms with Gasteiger partial charge in [0.15, 0.2) is 5.78 Å². The number of nitrogens with one attached hydrogen (secondary N) is 1. The Balaban J connectivity index is 2.27. The summed E-state index contributed by atoms with van der Waals surface area (Å²) >= 11 is 0. The first-order chi connectivity index (χ1) is 8.97. The minimum atomic E-state index is -0.627. The molecule has 1 fully saturated rings. The molecule has 5 heteroatoms. The first kappa shape index (κ1) is 13.0. The van der Waals surface area contributed by atoms with Gasteiger partial charge in [-0.2, -0.15) is 0 Å². The molecule has 0 atom stereocenters. The summed E-state index contributed by atoms with van der Waals surface area (Å²) in [5.41, 5.74) is 1.80. The van der Waals surface area contributed by atoms with Crippen molar-refractivity contribution in [2.24, 2.45) is 0 Å². The van der Waals surface area contributed by atoms with E-state index in [0.717, 1.165) is 11.3 Å². The molecule has 2 amide bonds. The van der Waals surface area contributed by atoms with Gasteiger partial charge in [-0.3, -0.25) is 19.7 Å². The lowest BCUT2D eigenvalue weighted by Crippen LogP contribution is -2.40. The maximum absolute atomic E-state index is 11.6. The van der Waals surface area contributed by atoms with Gasteiger partial charge in [-0.05, 0) is 23.8 Å². The molecule has 1 aromatic carbocycles. The Bertz CT molecular complexity index is 549. The van der Waals surface area contributed by atoms with Crippen LogP contribution in [0.25, 0.3) is 6.08 Å². The summed E-state index contributed by atoms with van der Waals surface area (Å²) in [5.74, 6) is -1.61. The number of rotatable bonds is 2. The van der Waals surface area contributed by atoms with E-state index in [-0.39, 0.29) is 12.0 Å². The fraction of sp³-hybridized carbons (Fsp3) is 0.214. The molecule has 1 saturated heterocycles. The van der Waals surface area contributed by atoms with Crippen molar-refractivity contribution in [2.45, 2.75) is 6.42 Å². The van der Waals surface area contributed by atoms with Crippen LogP contribution in [0.3, 0.4) is 0 Å². The standard InChI is InChI=1S/C14H14N2O3/c1-16(2)10-5-3-9(4-6-10)7-11-12(17)8-13(18)15-14(11)19/h3-7H,8H2,1-2H3,(H,15,18,19)/b11-7+. The van der Waals surface area contributed by atoms with E-state index in [0.29, 0.717) is 0 Å². The molecule has 1 aromatic rings. The fourth-order valence-corrected chi connectivity index (χ4v) is 1.79. The third kappa shape index (κ3) is 2.88. The smallest absolute Gasteiger partial charge is 0.261 e. The van der Waals surface area contributed by atoms with Gasteiger partial charge in [0.2, 0.25) is 5.91 Å². The van der Waals surface area contributed by atoms with Crippen molar-refractivity contribution in [1.82, 2.24) is 5.32 Å². The summed E-state index contributed by atoms with van der Waals surface area (Å²) in [6, 6.07) is 7.42. The van der Waals surface area contributed by atoms with Crippen molar-refractivity contribution in [3.8, 4) is 0 Å². The van der Waals surface area contributed by atoms with Crippen LogP contribution in [0.1, 0.15) is 12.0 Å². The number of carbonyl (C=O) groups is 3. The highest BCUT2D eigenvalue weighted by Gasteiger charge is 2.27. The van der Waals surface area contributed by atoms with Gasteiger partial charge in [0, 0.05) is 19.8 Å². The molecular formula is C14H14N2O3. The average Bonchev–Trinajstić information content (AvgIpc) is 2.34. The molecule has 0 spiro atoms. The lowest BCUT2D eigenvalue weighted by Gasteiger charge is -2.14. The van der Waals surface area contributed by atoms with Gasteiger partial charge in [0.05, 0.1) is 12.0 Å². The van der Waals surface area contributed by atoms with Crippen molar-refractivity contribution in [2.75, 3.05) is 19.0 Å². The highest BCUT2D eigenvalue weighted by Crippen LogP contribution is 2.16. The molecule has 0 unspecified atom stereocenters. The number of amides is 2. The third-order valence-electron chi connectivity index (χ3n) is 2.84. The number of ketones is 1. The van der Waals surface area contributed by atoms with Crippen LogP contribution in [0.15, 0.2) is 29.8 Å². The number of piperidine rings is 1. The van der Waals surface area contributed by atoms with Gasteiger partial charge in [-0.25, -0.2) is 0 Å². The van der Waals surface area contributed by atoms with Crippen molar-refractivity contribution >= 4 is 29.4 Å². The number of anilines is 1. The number of hydrogen-bond acceptors (Lipinski definition) is 4. The van der Waals surface area contributed by atoms with Crippen molar-refractivity contribution in [3.63, 3.8) is 0 Å². The van der Waals surface area contributed by atoms with Crippen molar-refractivity contribution in [3.05, 3.63) is 35.4 Å². The molecule has 0 aromatic heterocycles. The zero-order chi connectivity index (χ0) is 14.0. The maximum atomic E-state index is 11.6. The monoisotopic (exact) mass is 258 g/mol. The molecule has 0 saturated carbocycles. The van der Waals surface area contributed by atoms with E-state index in [1.165, 1.54) is 6.08 Å². The van der Waals surface area contributed by atoms with E-state index in [2.05, 4.69) is 5.32 Å². The minimum Gasteiger partial charge on any atom is -0.378 e. The minimum absolute atomic E-state index is 0.0252. The molecule has 1 aliphatic rings. The van der Waals surface area contributed by atoms with Crippen LogP contribution < -0.4 is 10.2 Å². The second kappa shape index (κ2) is 5.06. The average molecular weight is 258 g/mol. The highest BCUT2D eigenvalue weighted by molar-refractivity contribution is 6.32. The van der Waals surface area contributed by atoms with E-state index >= 15 is 0 Å². The summed E-state index contributed by atoms with van der Waals surface area (Å²) < 4.78 is 0. The van der Waals surface area contributed by atoms with Crippen LogP contribution in [-0.4, -0.2) is 31.7 Å². The summed E-state index contributed by atoms with van der Waals surface area (Å²) in [6.45, 7) is 0. The lowest BCUT2D eigenvalue weighted by molar-refractivity contribution is -0.134. The molecule has 5 nitrogen and oxygen atoms in total. The zero-order valence-corrected chi connectivity index (χ0v) is 10.8. The van der Waals surface area contributed by atoms with Crippen LogP contribution in [-0.2, 0) is 14.4 Å². The Hall–Kier alpha value is -2.43. The lowest BCUT2D eigenvalue weighted by atomic mass is 10.0. The summed E-state index contributed by atoms with van der Waals surface area (Å²) in [5, 5.41) is 2.13. The molecule has 98 valence electrons. The highest BCUT2D eigenvalue weighted by atomic mass is 16.2. The summed E-state index contributed by atoms with van der Waals surface area (Å²) in [6.07, 6.45) is 1.23. The first-order valence-electron chi connectivity index (χ1n) is 5.84. The molecule has 19 heavy (non-hydrogen) atoms. The molecule has 2 rings (SSSR count). The Morgan fingerprint density at radius 2 is 1.74 bits per heavy atom. The second-order valence-corrected chi connectivity index (χ2v) is 4.52. The summed E-state index contributed by atoms with van der Waals surface area (Å²) in [4.78, 5) is 36.2. The number of imide groups is 1. The fourth-order valence-electron chi connectivity index (χ4n) is 1.79. The molecule has 0 bridgehead atoms. The number of nitrogens with zero attached hydrogens (tertiary/aromatic N) is 1. The van der Waals surface area contributed by atoms with Gasteiger partial charge < -0.3 is 4.90 Å².